The Morgan fingerprint density at radius 2 is 1.94 bits per heavy atom. The van der Waals surface area contributed by atoms with Gasteiger partial charge in [-0.25, -0.2) is 0 Å². The van der Waals surface area contributed by atoms with Crippen LogP contribution in [0.15, 0.2) is 6.07 Å². The molecule has 2 aromatic rings. The zero-order valence-corrected chi connectivity index (χ0v) is 11.5. The van der Waals surface area contributed by atoms with Crippen molar-refractivity contribution < 1.29 is 4.74 Å². The fourth-order valence-electron chi connectivity index (χ4n) is 1.94. The molecule has 0 unspecified atom stereocenters. The second-order valence-corrected chi connectivity index (χ2v) is 4.43. The minimum Gasteiger partial charge on any atom is -0.473 e. The first kappa shape index (κ1) is 12.8. The van der Waals surface area contributed by atoms with Crippen LogP contribution in [0.3, 0.4) is 0 Å². The van der Waals surface area contributed by atoms with Gasteiger partial charge in [0.25, 0.3) is 0 Å². The Hall–Kier alpha value is -1.65. The van der Waals surface area contributed by atoms with E-state index in [9.17, 15) is 0 Å². The van der Waals surface area contributed by atoms with E-state index in [0.717, 1.165) is 36.3 Å². The van der Waals surface area contributed by atoms with E-state index in [4.69, 9.17) is 4.74 Å². The Morgan fingerprint density at radius 3 is 2.56 bits per heavy atom. The highest BCUT2D eigenvalue weighted by Gasteiger charge is 2.12. The predicted molar refractivity (Wildman–Crippen MR) is 69.9 cm³/mol. The van der Waals surface area contributed by atoms with Gasteiger partial charge in [0.05, 0.1) is 6.10 Å². The number of nitrogens with zero attached hydrogens (tertiary/aromatic N) is 4. The Balaban J connectivity index is 2.40. The van der Waals surface area contributed by atoms with E-state index >= 15 is 0 Å². The monoisotopic (exact) mass is 248 g/mol. The molecule has 98 valence electrons. The number of ether oxygens (including phenoxy) is 1. The molecule has 0 saturated heterocycles. The second kappa shape index (κ2) is 5.33. The zero-order valence-electron chi connectivity index (χ0n) is 11.5. The summed E-state index contributed by atoms with van der Waals surface area (Å²) in [5, 5.41) is 12.7. The highest BCUT2D eigenvalue weighted by atomic mass is 16.5. The minimum atomic E-state index is 0.218. The fraction of sp³-hybridized carbons (Fsp3) is 0.615. The summed E-state index contributed by atoms with van der Waals surface area (Å²) in [5.41, 5.74) is 1.85. The molecular weight excluding hydrogens is 228 g/mol. The maximum atomic E-state index is 5.88. The zero-order chi connectivity index (χ0) is 13.1. The van der Waals surface area contributed by atoms with E-state index in [1.807, 2.05) is 19.9 Å². The van der Waals surface area contributed by atoms with Crippen LogP contribution in [0.25, 0.3) is 5.65 Å². The van der Waals surface area contributed by atoms with Gasteiger partial charge >= 0.3 is 0 Å². The first-order valence-corrected chi connectivity index (χ1v) is 6.58. The van der Waals surface area contributed by atoms with Gasteiger partial charge in [0.1, 0.15) is 0 Å². The van der Waals surface area contributed by atoms with Gasteiger partial charge in [-0.15, -0.1) is 15.3 Å². The van der Waals surface area contributed by atoms with Crippen molar-refractivity contribution in [3.63, 3.8) is 0 Å². The van der Waals surface area contributed by atoms with Crippen LogP contribution in [-0.4, -0.2) is 25.9 Å². The van der Waals surface area contributed by atoms with Gasteiger partial charge < -0.3 is 4.74 Å². The summed E-state index contributed by atoms with van der Waals surface area (Å²) >= 11 is 0. The van der Waals surface area contributed by atoms with Crippen LogP contribution in [0, 0.1) is 6.92 Å². The summed E-state index contributed by atoms with van der Waals surface area (Å²) in [7, 11) is 0. The second-order valence-electron chi connectivity index (χ2n) is 4.43. The Bertz CT molecular complexity index is 531. The lowest BCUT2D eigenvalue weighted by Crippen LogP contribution is -2.15. The van der Waals surface area contributed by atoms with Crippen molar-refractivity contribution in [2.45, 2.75) is 53.1 Å². The maximum Gasteiger partial charge on any atom is 0.232 e. The highest BCUT2D eigenvalue weighted by Crippen LogP contribution is 2.17. The molecule has 5 heteroatoms. The Kier molecular flexibility index (Phi) is 3.79. The molecule has 5 nitrogen and oxygen atoms in total. The number of hydrogen-bond acceptors (Lipinski definition) is 4. The first-order valence-electron chi connectivity index (χ1n) is 6.58. The normalized spacial score (nSPS) is 11.4. The largest absolute Gasteiger partial charge is 0.473 e. The molecule has 0 aliphatic heterocycles. The van der Waals surface area contributed by atoms with Crippen LogP contribution >= 0.6 is 0 Å². The summed E-state index contributed by atoms with van der Waals surface area (Å²) in [6.45, 7) is 8.29. The van der Waals surface area contributed by atoms with Crippen LogP contribution < -0.4 is 4.74 Å². The number of fused-ring (bicyclic) bond motifs is 1. The number of hydrogen-bond donors (Lipinski definition) is 0. The Morgan fingerprint density at radius 1 is 1.22 bits per heavy atom. The molecule has 0 N–H and O–H groups in total. The SMILES string of the molecule is CCc1nnc2c(C)cc(OC(CC)CC)nn12. The quantitative estimate of drug-likeness (QED) is 0.816. The number of rotatable bonds is 5. The van der Waals surface area contributed by atoms with Gasteiger partial charge in [-0.3, -0.25) is 0 Å². The van der Waals surface area contributed by atoms with Crippen molar-refractivity contribution in [2.24, 2.45) is 0 Å². The lowest BCUT2D eigenvalue weighted by atomic mass is 10.2. The summed E-state index contributed by atoms with van der Waals surface area (Å²) in [6.07, 6.45) is 2.99. The lowest BCUT2D eigenvalue weighted by Gasteiger charge is -2.15. The van der Waals surface area contributed by atoms with E-state index in [0.29, 0.717) is 5.88 Å². The van der Waals surface area contributed by atoms with Crippen LogP contribution in [0.2, 0.25) is 0 Å². The maximum absolute atomic E-state index is 5.88. The standard InChI is InChI=1S/C13H20N4O/c1-5-10(6-2)18-12-8-9(4)13-15-14-11(7-3)17(13)16-12/h8,10H,5-7H2,1-4H3. The average molecular weight is 248 g/mol. The van der Waals surface area contributed by atoms with Crippen molar-refractivity contribution in [3.05, 3.63) is 17.5 Å². The van der Waals surface area contributed by atoms with Crippen LogP contribution in [0.4, 0.5) is 0 Å². The third-order valence-corrected chi connectivity index (χ3v) is 3.11. The van der Waals surface area contributed by atoms with Gasteiger partial charge in [0.15, 0.2) is 11.5 Å². The van der Waals surface area contributed by atoms with Gasteiger partial charge in [-0.1, -0.05) is 20.8 Å². The van der Waals surface area contributed by atoms with E-state index in [1.54, 1.807) is 4.52 Å². The molecule has 0 fully saturated rings. The molecule has 2 heterocycles. The topological polar surface area (TPSA) is 52.3 Å². The van der Waals surface area contributed by atoms with Gasteiger partial charge in [0.2, 0.25) is 5.88 Å². The van der Waals surface area contributed by atoms with Gasteiger partial charge in [-0.05, 0) is 19.8 Å². The minimum absolute atomic E-state index is 0.218. The van der Waals surface area contributed by atoms with Crippen molar-refractivity contribution in [3.8, 4) is 5.88 Å². The molecule has 0 atom stereocenters. The van der Waals surface area contributed by atoms with Crippen LogP contribution in [0.1, 0.15) is 45.0 Å². The highest BCUT2D eigenvalue weighted by molar-refractivity contribution is 5.46. The number of aromatic nitrogens is 4. The molecule has 0 aromatic carbocycles. The van der Waals surface area contributed by atoms with Crippen LogP contribution in [-0.2, 0) is 6.42 Å². The lowest BCUT2D eigenvalue weighted by molar-refractivity contribution is 0.182. The third kappa shape index (κ3) is 2.30. The van der Waals surface area contributed by atoms with Crippen molar-refractivity contribution >= 4 is 5.65 Å². The van der Waals surface area contributed by atoms with Crippen molar-refractivity contribution in [1.82, 2.24) is 19.8 Å². The van der Waals surface area contributed by atoms with E-state index < -0.39 is 0 Å². The van der Waals surface area contributed by atoms with E-state index in [2.05, 4.69) is 29.1 Å². The fourth-order valence-corrected chi connectivity index (χ4v) is 1.94. The van der Waals surface area contributed by atoms with E-state index in [1.165, 1.54) is 0 Å². The summed E-state index contributed by atoms with van der Waals surface area (Å²) in [5.74, 6) is 1.52. The number of aryl methyl sites for hydroxylation is 2. The molecule has 0 saturated carbocycles. The smallest absolute Gasteiger partial charge is 0.232 e. The summed E-state index contributed by atoms with van der Waals surface area (Å²) < 4.78 is 7.67. The van der Waals surface area contributed by atoms with Crippen molar-refractivity contribution in [1.29, 1.82) is 0 Å². The summed E-state index contributed by atoms with van der Waals surface area (Å²) in [4.78, 5) is 0. The molecule has 18 heavy (non-hydrogen) atoms. The molecule has 0 bridgehead atoms. The third-order valence-electron chi connectivity index (χ3n) is 3.11. The first-order chi connectivity index (χ1) is 8.69. The van der Waals surface area contributed by atoms with Crippen molar-refractivity contribution in [2.75, 3.05) is 0 Å². The molecule has 2 rings (SSSR count). The van der Waals surface area contributed by atoms with Gasteiger partial charge in [-0.2, -0.15) is 4.52 Å². The molecule has 0 aliphatic carbocycles. The van der Waals surface area contributed by atoms with E-state index in [-0.39, 0.29) is 6.10 Å². The molecule has 2 aromatic heterocycles. The molecular formula is C13H20N4O. The molecule has 0 spiro atoms. The van der Waals surface area contributed by atoms with Gasteiger partial charge in [0, 0.05) is 18.1 Å². The molecule has 0 amide bonds. The molecule has 0 aliphatic rings. The molecule has 0 radical (unpaired) electrons. The van der Waals surface area contributed by atoms with Crippen LogP contribution in [0.5, 0.6) is 5.88 Å². The summed E-state index contributed by atoms with van der Waals surface area (Å²) in [6, 6.07) is 1.93. The average Bonchev–Trinajstić information content (AvgIpc) is 2.79. The predicted octanol–water partition coefficient (Wildman–Crippen LogP) is 2.56. The Labute approximate surface area is 107 Å².